The molecule has 10 nitrogen and oxygen atoms in total. The van der Waals surface area contributed by atoms with E-state index in [1.54, 1.807) is 18.2 Å². The van der Waals surface area contributed by atoms with Crippen molar-refractivity contribution < 1.29 is 44.6 Å². The highest BCUT2D eigenvalue weighted by Crippen LogP contribution is 2.43. The smallest absolute Gasteiger partial charge is 0.307 e. The Hall–Kier alpha value is -2.08. The first kappa shape index (κ1) is 18.7. The van der Waals surface area contributed by atoms with Gasteiger partial charge < -0.3 is 40.3 Å². The van der Waals surface area contributed by atoms with Crippen molar-refractivity contribution in [2.75, 3.05) is 11.9 Å². The summed E-state index contributed by atoms with van der Waals surface area (Å²) in [6.45, 7) is -0.681. The molecule has 3 rings (SSSR count). The van der Waals surface area contributed by atoms with Crippen LogP contribution in [0.25, 0.3) is 0 Å². The summed E-state index contributed by atoms with van der Waals surface area (Å²) in [6, 6.07) is 6.30. The zero-order valence-corrected chi connectivity index (χ0v) is 13.5. The molecule has 0 unspecified atom stereocenters. The van der Waals surface area contributed by atoms with Crippen LogP contribution >= 0.6 is 0 Å². The first-order valence-corrected chi connectivity index (χ1v) is 7.91. The summed E-state index contributed by atoms with van der Waals surface area (Å²) < 4.78 is 10.9. The Morgan fingerprint density at radius 2 is 1.88 bits per heavy atom. The third kappa shape index (κ3) is 2.96. The lowest BCUT2D eigenvalue weighted by Gasteiger charge is -2.42. The molecule has 1 saturated heterocycles. The first-order valence-electron chi connectivity index (χ1n) is 7.91. The summed E-state index contributed by atoms with van der Waals surface area (Å²) in [5, 5.41) is 50.9. The van der Waals surface area contributed by atoms with Crippen molar-refractivity contribution in [3.8, 4) is 0 Å². The molecule has 0 spiro atoms. The summed E-state index contributed by atoms with van der Waals surface area (Å²) in [5.74, 6) is -2.10. The van der Waals surface area contributed by atoms with E-state index >= 15 is 0 Å². The van der Waals surface area contributed by atoms with E-state index in [1.807, 2.05) is 0 Å². The molecule has 1 aromatic carbocycles. The van der Waals surface area contributed by atoms with Gasteiger partial charge in [0.2, 0.25) is 0 Å². The van der Waals surface area contributed by atoms with Crippen molar-refractivity contribution in [2.24, 2.45) is 0 Å². The van der Waals surface area contributed by atoms with Crippen LogP contribution in [-0.2, 0) is 24.7 Å². The summed E-state index contributed by atoms with van der Waals surface area (Å²) in [6.07, 6.45) is -8.74. The van der Waals surface area contributed by atoms with E-state index in [9.17, 15) is 35.1 Å². The molecular weight excluding hydrogens is 350 g/mol. The van der Waals surface area contributed by atoms with Crippen LogP contribution in [0, 0.1) is 0 Å². The minimum absolute atomic E-state index is 0.240. The van der Waals surface area contributed by atoms with Gasteiger partial charge in [-0.05, 0) is 6.07 Å². The lowest BCUT2D eigenvalue weighted by atomic mass is 9.90. The zero-order valence-electron chi connectivity index (χ0n) is 13.5. The van der Waals surface area contributed by atoms with E-state index in [0.29, 0.717) is 5.69 Å². The number of amides is 1. The largest absolute Gasteiger partial charge is 0.481 e. The highest BCUT2D eigenvalue weighted by Gasteiger charge is 2.54. The monoisotopic (exact) mass is 369 g/mol. The van der Waals surface area contributed by atoms with Crippen molar-refractivity contribution in [1.82, 2.24) is 0 Å². The number of carbonyl (C=O) groups excluding carboxylic acids is 1. The maximum atomic E-state index is 12.6. The molecule has 0 bridgehead atoms. The number of hydrogen-bond donors (Lipinski definition) is 6. The SMILES string of the molecule is O=C(O)C[C@]1(O[C@@H]2O[C@H](CO)[C@@H](O)[C@H](O)[C@H]2O)C(=O)Nc2ccccc21. The van der Waals surface area contributed by atoms with E-state index in [4.69, 9.17) is 9.47 Å². The highest BCUT2D eigenvalue weighted by molar-refractivity contribution is 6.06. The third-order valence-electron chi connectivity index (χ3n) is 4.54. The van der Waals surface area contributed by atoms with Crippen molar-refractivity contribution in [3.63, 3.8) is 0 Å². The third-order valence-corrected chi connectivity index (χ3v) is 4.54. The highest BCUT2D eigenvalue weighted by atomic mass is 16.7. The average molecular weight is 369 g/mol. The summed E-state index contributed by atoms with van der Waals surface area (Å²) >= 11 is 0. The Labute approximate surface area is 147 Å². The molecule has 0 aliphatic carbocycles. The lowest BCUT2D eigenvalue weighted by Crippen LogP contribution is -2.61. The van der Waals surface area contributed by atoms with Crippen molar-refractivity contribution in [2.45, 2.75) is 42.7 Å². The van der Waals surface area contributed by atoms with Gasteiger partial charge in [0.1, 0.15) is 24.4 Å². The van der Waals surface area contributed by atoms with Crippen LogP contribution in [0.4, 0.5) is 5.69 Å². The van der Waals surface area contributed by atoms with Gasteiger partial charge in [0, 0.05) is 11.3 Å². The molecule has 2 aliphatic rings. The number of anilines is 1. The topological polar surface area (TPSA) is 166 Å². The maximum Gasteiger partial charge on any atom is 0.307 e. The zero-order chi connectivity index (χ0) is 19.1. The number of ether oxygens (including phenoxy) is 2. The molecule has 0 radical (unpaired) electrons. The second-order valence-corrected chi connectivity index (χ2v) is 6.21. The molecule has 26 heavy (non-hydrogen) atoms. The number of carboxylic acid groups (broad SMARTS) is 1. The van der Waals surface area contributed by atoms with Gasteiger partial charge in [-0.1, -0.05) is 18.2 Å². The summed E-state index contributed by atoms with van der Waals surface area (Å²) in [4.78, 5) is 24.0. The lowest BCUT2D eigenvalue weighted by molar-refractivity contribution is -0.323. The van der Waals surface area contributed by atoms with Crippen LogP contribution in [0.1, 0.15) is 12.0 Å². The van der Waals surface area contributed by atoms with Crippen LogP contribution in [0.2, 0.25) is 0 Å². The minimum atomic E-state index is -2.00. The predicted molar refractivity (Wildman–Crippen MR) is 83.9 cm³/mol. The van der Waals surface area contributed by atoms with Crippen LogP contribution in [0.3, 0.4) is 0 Å². The number of aliphatic carboxylic acids is 1. The van der Waals surface area contributed by atoms with E-state index in [-0.39, 0.29) is 5.56 Å². The number of para-hydroxylation sites is 1. The van der Waals surface area contributed by atoms with E-state index in [2.05, 4.69) is 5.32 Å². The number of rotatable bonds is 5. The van der Waals surface area contributed by atoms with Crippen LogP contribution in [0.5, 0.6) is 0 Å². The number of carboxylic acids is 1. The molecule has 10 heteroatoms. The molecule has 0 saturated carbocycles. The fourth-order valence-corrected chi connectivity index (χ4v) is 3.20. The number of aliphatic hydroxyl groups is 4. The Kier molecular flexibility index (Phi) is 4.97. The number of aliphatic hydroxyl groups excluding tert-OH is 4. The normalized spacial score (nSPS) is 36.5. The summed E-state index contributed by atoms with van der Waals surface area (Å²) in [5.41, 5.74) is -1.41. The quantitative estimate of drug-likeness (QED) is 0.348. The van der Waals surface area contributed by atoms with Crippen LogP contribution < -0.4 is 5.32 Å². The number of hydrogen-bond acceptors (Lipinski definition) is 8. The molecular formula is C16H19NO9. The predicted octanol–water partition coefficient (Wildman–Crippen LogP) is -1.87. The Morgan fingerprint density at radius 3 is 2.54 bits per heavy atom. The Balaban J connectivity index is 1.98. The van der Waals surface area contributed by atoms with Crippen molar-refractivity contribution >= 4 is 17.6 Å². The van der Waals surface area contributed by atoms with E-state index < -0.39 is 61.2 Å². The van der Waals surface area contributed by atoms with Gasteiger partial charge in [-0.25, -0.2) is 0 Å². The number of benzene rings is 1. The van der Waals surface area contributed by atoms with Crippen molar-refractivity contribution in [1.29, 1.82) is 0 Å². The fourth-order valence-electron chi connectivity index (χ4n) is 3.20. The molecule has 2 aliphatic heterocycles. The number of nitrogens with one attached hydrogen (secondary N) is 1. The first-order chi connectivity index (χ1) is 12.3. The minimum Gasteiger partial charge on any atom is -0.481 e. The molecule has 1 fully saturated rings. The van der Waals surface area contributed by atoms with Gasteiger partial charge in [-0.15, -0.1) is 0 Å². The van der Waals surface area contributed by atoms with Gasteiger partial charge in [-0.2, -0.15) is 0 Å². The second kappa shape index (κ2) is 6.91. The van der Waals surface area contributed by atoms with Crippen molar-refractivity contribution in [3.05, 3.63) is 29.8 Å². The molecule has 6 N–H and O–H groups in total. The van der Waals surface area contributed by atoms with Gasteiger partial charge in [0.05, 0.1) is 13.0 Å². The number of fused-ring (bicyclic) bond motifs is 1. The Bertz CT molecular complexity index is 709. The van der Waals surface area contributed by atoms with Gasteiger partial charge in [-0.3, -0.25) is 9.59 Å². The van der Waals surface area contributed by atoms with Crippen LogP contribution in [0.15, 0.2) is 24.3 Å². The van der Waals surface area contributed by atoms with E-state index in [0.717, 1.165) is 0 Å². The van der Waals surface area contributed by atoms with Crippen LogP contribution in [-0.4, -0.2) is 74.7 Å². The molecule has 1 amide bonds. The average Bonchev–Trinajstić information content (AvgIpc) is 2.87. The summed E-state index contributed by atoms with van der Waals surface area (Å²) in [7, 11) is 0. The number of carbonyl (C=O) groups is 2. The molecule has 0 aromatic heterocycles. The van der Waals surface area contributed by atoms with Gasteiger partial charge in [0.25, 0.3) is 5.91 Å². The Morgan fingerprint density at radius 1 is 1.19 bits per heavy atom. The molecule has 2 heterocycles. The molecule has 142 valence electrons. The standard InChI is InChI=1S/C16H19NO9/c18-6-9-11(21)12(22)13(23)14(25-9)26-16(5-10(19)20)7-3-1-2-4-8(7)17-15(16)24/h1-4,9,11-14,18,21-23H,5-6H2,(H,17,24)(H,19,20)/t9-,11-,12+,13-,14+,16-/m1/s1. The van der Waals surface area contributed by atoms with E-state index in [1.165, 1.54) is 6.07 Å². The van der Waals surface area contributed by atoms with Gasteiger partial charge >= 0.3 is 5.97 Å². The fraction of sp³-hybridized carbons (Fsp3) is 0.500. The molecule has 6 atom stereocenters. The maximum absolute atomic E-state index is 12.6. The molecule has 1 aromatic rings. The second-order valence-electron chi connectivity index (χ2n) is 6.21. The van der Waals surface area contributed by atoms with Gasteiger partial charge in [0.15, 0.2) is 11.9 Å².